The molecule has 84 valence electrons. The number of hydrazine groups is 1. The van der Waals surface area contributed by atoms with Crippen LogP contribution in [0.25, 0.3) is 0 Å². The number of nitrogens with two attached hydrogens (primary N) is 1. The first kappa shape index (κ1) is 8.20. The van der Waals surface area contributed by atoms with Gasteiger partial charge in [0.2, 0.25) is 11.8 Å². The third kappa shape index (κ3) is 0.627. The standard InChI is InChI=1S/C11H12N2O3/c12-13-10(14)6-4-2-1-3(2)5(7(6)11(13)15)9-8(4)16-9/h2-9H,1,12H2/t2-,3+,4-,5-,6-,7+,8-,9-/m0/s1. The molecule has 0 radical (unpaired) electrons. The molecule has 2 saturated heterocycles. The van der Waals surface area contributed by atoms with Gasteiger partial charge in [-0.15, -0.1) is 0 Å². The number of nitrogens with zero attached hydrogens (tertiary/aromatic N) is 1. The van der Waals surface area contributed by atoms with Crippen LogP contribution in [0.15, 0.2) is 0 Å². The maximum Gasteiger partial charge on any atom is 0.247 e. The normalized spacial score (nSPS) is 64.2. The summed E-state index contributed by atoms with van der Waals surface area (Å²) >= 11 is 0. The van der Waals surface area contributed by atoms with Gasteiger partial charge in [0.25, 0.3) is 0 Å². The van der Waals surface area contributed by atoms with Crippen LogP contribution in [0.4, 0.5) is 0 Å². The monoisotopic (exact) mass is 220 g/mol. The first-order valence-corrected chi connectivity index (χ1v) is 5.98. The van der Waals surface area contributed by atoms with Crippen molar-refractivity contribution < 1.29 is 14.3 Å². The molecule has 6 rings (SSSR count). The highest BCUT2D eigenvalue weighted by Crippen LogP contribution is 2.72. The number of imide groups is 1. The van der Waals surface area contributed by atoms with E-state index in [1.807, 2.05) is 0 Å². The lowest BCUT2D eigenvalue weighted by Gasteiger charge is -2.39. The highest BCUT2D eigenvalue weighted by molar-refractivity contribution is 6.05. The molecule has 2 amide bonds. The third-order valence-electron chi connectivity index (χ3n) is 5.46. The lowest BCUT2D eigenvalue weighted by atomic mass is 9.59. The van der Waals surface area contributed by atoms with Gasteiger partial charge >= 0.3 is 0 Å². The Morgan fingerprint density at radius 1 is 1.06 bits per heavy atom. The van der Waals surface area contributed by atoms with Crippen molar-refractivity contribution in [2.45, 2.75) is 18.6 Å². The van der Waals surface area contributed by atoms with Gasteiger partial charge in [-0.25, -0.2) is 10.9 Å². The van der Waals surface area contributed by atoms with Gasteiger partial charge in [-0.3, -0.25) is 9.59 Å². The molecule has 2 bridgehead atoms. The highest BCUT2D eigenvalue weighted by atomic mass is 16.6. The molecule has 6 fully saturated rings. The van der Waals surface area contributed by atoms with Crippen molar-refractivity contribution in [1.82, 2.24) is 5.01 Å². The molecule has 2 heterocycles. The number of hydrogen-bond acceptors (Lipinski definition) is 4. The lowest BCUT2D eigenvalue weighted by Crippen LogP contribution is -2.48. The van der Waals surface area contributed by atoms with Crippen LogP contribution >= 0.6 is 0 Å². The van der Waals surface area contributed by atoms with Crippen LogP contribution in [-0.4, -0.2) is 29.0 Å². The van der Waals surface area contributed by atoms with Crippen molar-refractivity contribution in [3.05, 3.63) is 0 Å². The van der Waals surface area contributed by atoms with Gasteiger partial charge in [-0.2, -0.15) is 0 Å². The molecule has 0 aromatic rings. The molecule has 5 heteroatoms. The minimum absolute atomic E-state index is 0.157. The summed E-state index contributed by atoms with van der Waals surface area (Å²) in [7, 11) is 0. The zero-order valence-electron chi connectivity index (χ0n) is 8.58. The van der Waals surface area contributed by atoms with Crippen LogP contribution in [0.5, 0.6) is 0 Å². The molecule has 5 nitrogen and oxygen atoms in total. The molecule has 0 aromatic heterocycles. The first-order valence-electron chi connectivity index (χ1n) is 5.98. The number of hydrogen-bond donors (Lipinski definition) is 1. The van der Waals surface area contributed by atoms with Crippen molar-refractivity contribution >= 4 is 11.8 Å². The Morgan fingerprint density at radius 3 is 2.06 bits per heavy atom. The second-order valence-corrected chi connectivity index (χ2v) is 5.88. The quantitative estimate of drug-likeness (QED) is 0.249. The lowest BCUT2D eigenvalue weighted by molar-refractivity contribution is -0.140. The second-order valence-electron chi connectivity index (χ2n) is 5.88. The van der Waals surface area contributed by atoms with E-state index in [-0.39, 0.29) is 47.7 Å². The molecule has 2 aliphatic heterocycles. The fourth-order valence-electron chi connectivity index (χ4n) is 4.85. The Labute approximate surface area is 91.9 Å². The molecule has 0 aromatic carbocycles. The summed E-state index contributed by atoms with van der Waals surface area (Å²) in [4.78, 5) is 24.0. The molecule has 4 aliphatic carbocycles. The number of rotatable bonds is 0. The number of carbonyl (C=O) groups is 2. The maximum atomic E-state index is 12.0. The Hall–Kier alpha value is -0.940. The van der Waals surface area contributed by atoms with E-state index in [2.05, 4.69) is 0 Å². The molecule has 6 aliphatic rings. The zero-order valence-corrected chi connectivity index (χ0v) is 8.58. The second kappa shape index (κ2) is 2.07. The fraction of sp³-hybridized carbons (Fsp3) is 0.818. The largest absolute Gasteiger partial charge is 0.369 e. The van der Waals surface area contributed by atoms with Gasteiger partial charge in [-0.05, 0) is 18.3 Å². The summed E-state index contributed by atoms with van der Waals surface area (Å²) in [6, 6.07) is 0. The van der Waals surface area contributed by atoms with Crippen molar-refractivity contribution in [3.8, 4) is 0 Å². The average Bonchev–Trinajstić information content (AvgIpc) is 3.13. The van der Waals surface area contributed by atoms with Crippen LogP contribution in [-0.2, 0) is 14.3 Å². The fourth-order valence-corrected chi connectivity index (χ4v) is 4.85. The van der Waals surface area contributed by atoms with Crippen molar-refractivity contribution in [3.63, 3.8) is 0 Å². The Kier molecular flexibility index (Phi) is 1.06. The van der Waals surface area contributed by atoms with E-state index >= 15 is 0 Å². The summed E-state index contributed by atoms with van der Waals surface area (Å²) in [6.07, 6.45) is 1.72. The van der Waals surface area contributed by atoms with E-state index in [1.54, 1.807) is 0 Å². The molecule has 16 heavy (non-hydrogen) atoms. The van der Waals surface area contributed by atoms with E-state index in [1.165, 1.54) is 6.42 Å². The number of ether oxygens (including phenoxy) is 1. The zero-order chi connectivity index (χ0) is 10.8. The predicted molar refractivity (Wildman–Crippen MR) is 50.3 cm³/mol. The summed E-state index contributed by atoms with van der Waals surface area (Å²) < 4.78 is 5.67. The van der Waals surface area contributed by atoms with E-state index < -0.39 is 0 Å². The summed E-state index contributed by atoms with van der Waals surface area (Å²) in [5, 5.41) is 0.866. The van der Waals surface area contributed by atoms with Crippen LogP contribution < -0.4 is 5.84 Å². The molecule has 4 saturated carbocycles. The highest BCUT2D eigenvalue weighted by Gasteiger charge is 2.79. The van der Waals surface area contributed by atoms with Crippen LogP contribution in [0.2, 0.25) is 0 Å². The van der Waals surface area contributed by atoms with Crippen molar-refractivity contribution in [2.24, 2.45) is 41.4 Å². The smallest absolute Gasteiger partial charge is 0.247 e. The van der Waals surface area contributed by atoms with Gasteiger partial charge in [0.15, 0.2) is 0 Å². The number of carbonyl (C=O) groups excluding carboxylic acids is 2. The maximum absolute atomic E-state index is 12.0. The van der Waals surface area contributed by atoms with E-state index in [0.29, 0.717) is 11.8 Å². The molecular formula is C11H12N2O3. The van der Waals surface area contributed by atoms with Gasteiger partial charge in [0, 0.05) is 11.8 Å². The molecule has 8 atom stereocenters. The Morgan fingerprint density at radius 2 is 1.56 bits per heavy atom. The molecular weight excluding hydrogens is 208 g/mol. The first-order chi connectivity index (χ1) is 7.70. The number of epoxide rings is 1. The summed E-state index contributed by atoms with van der Waals surface area (Å²) in [5.74, 6) is 6.76. The summed E-state index contributed by atoms with van der Waals surface area (Å²) in [5.41, 5.74) is 0. The predicted octanol–water partition coefficient (Wildman–Crippen LogP) is -0.876. The van der Waals surface area contributed by atoms with Gasteiger partial charge < -0.3 is 4.74 Å². The minimum atomic E-state index is -0.163. The van der Waals surface area contributed by atoms with Crippen molar-refractivity contribution in [1.29, 1.82) is 0 Å². The third-order valence-corrected chi connectivity index (χ3v) is 5.46. The Bertz CT molecular complexity index is 395. The Balaban J connectivity index is 1.70. The van der Waals surface area contributed by atoms with E-state index in [9.17, 15) is 9.59 Å². The van der Waals surface area contributed by atoms with Gasteiger partial charge in [0.1, 0.15) is 0 Å². The SMILES string of the molecule is NN1C(=O)[C@@H]2[C@H](C1=O)[C@@H]1[C@@H]3C[C@@H]3[C@@H]2[C@@H]2O[C@H]21. The van der Waals surface area contributed by atoms with E-state index in [4.69, 9.17) is 10.6 Å². The van der Waals surface area contributed by atoms with Gasteiger partial charge in [0.05, 0.1) is 24.0 Å². The summed E-state index contributed by atoms with van der Waals surface area (Å²) in [6.45, 7) is 0. The molecule has 0 unspecified atom stereocenters. The van der Waals surface area contributed by atoms with Crippen molar-refractivity contribution in [2.75, 3.05) is 0 Å². The minimum Gasteiger partial charge on any atom is -0.369 e. The van der Waals surface area contributed by atoms with E-state index in [0.717, 1.165) is 5.01 Å². The molecule has 0 spiro atoms. The van der Waals surface area contributed by atoms with Gasteiger partial charge in [-0.1, -0.05) is 0 Å². The number of amides is 2. The average molecular weight is 220 g/mol. The van der Waals surface area contributed by atoms with Crippen LogP contribution in [0.1, 0.15) is 6.42 Å². The van der Waals surface area contributed by atoms with Crippen LogP contribution in [0, 0.1) is 35.5 Å². The topological polar surface area (TPSA) is 75.9 Å². The molecule has 2 N–H and O–H groups in total. The van der Waals surface area contributed by atoms with Crippen LogP contribution in [0.3, 0.4) is 0 Å².